The van der Waals surface area contributed by atoms with Crippen LogP contribution in [0.3, 0.4) is 0 Å². The second-order valence-corrected chi connectivity index (χ2v) is 4.43. The summed E-state index contributed by atoms with van der Waals surface area (Å²) in [6.45, 7) is 11.8. The number of aryl methyl sites for hydroxylation is 2. The Labute approximate surface area is 91.7 Å². The van der Waals surface area contributed by atoms with Crippen molar-refractivity contribution in [3.63, 3.8) is 0 Å². The lowest BCUT2D eigenvalue weighted by molar-refractivity contribution is 0.0937. The first-order valence-electron chi connectivity index (χ1n) is 5.34. The van der Waals surface area contributed by atoms with Crippen molar-refractivity contribution in [3.05, 3.63) is 28.1 Å². The maximum Gasteiger partial charge on any atom is 0.167 e. The first kappa shape index (κ1) is 11.9. The van der Waals surface area contributed by atoms with E-state index in [1.165, 1.54) is 0 Å². The van der Waals surface area contributed by atoms with Crippen LogP contribution in [0.1, 0.15) is 46.7 Å². The van der Waals surface area contributed by atoms with Gasteiger partial charge in [0.25, 0.3) is 0 Å². The highest BCUT2D eigenvalue weighted by atomic mass is 16.1. The number of ketones is 1. The van der Waals surface area contributed by atoms with Crippen LogP contribution >= 0.6 is 0 Å². The van der Waals surface area contributed by atoms with Gasteiger partial charge in [0.15, 0.2) is 5.78 Å². The predicted octanol–water partition coefficient (Wildman–Crippen LogP) is 3.15. The van der Waals surface area contributed by atoms with Gasteiger partial charge >= 0.3 is 0 Å². The van der Waals surface area contributed by atoms with E-state index in [2.05, 4.69) is 4.98 Å². The van der Waals surface area contributed by atoms with Crippen LogP contribution in [-0.2, 0) is 0 Å². The smallest absolute Gasteiger partial charge is 0.167 e. The van der Waals surface area contributed by atoms with E-state index in [1.54, 1.807) is 0 Å². The van der Waals surface area contributed by atoms with Crippen molar-refractivity contribution in [1.29, 1.82) is 0 Å². The van der Waals surface area contributed by atoms with Gasteiger partial charge in [-0.1, -0.05) is 13.8 Å². The molecule has 0 unspecified atom stereocenters. The van der Waals surface area contributed by atoms with Gasteiger partial charge < -0.3 is 0 Å². The quantitative estimate of drug-likeness (QED) is 0.694. The van der Waals surface area contributed by atoms with Crippen molar-refractivity contribution in [2.75, 3.05) is 0 Å². The lowest BCUT2D eigenvalue weighted by atomic mass is 9.93. The van der Waals surface area contributed by atoms with Gasteiger partial charge in [0, 0.05) is 22.9 Å². The summed E-state index contributed by atoms with van der Waals surface area (Å²) in [5.74, 6) is 0.229. The number of rotatable bonds is 2. The van der Waals surface area contributed by atoms with E-state index in [0.717, 1.165) is 28.1 Å². The standard InChI is InChI=1S/C13H19NO/c1-7(2)13(15)12-9(4)8(3)10(5)14-11(12)6/h7H,1-6H3. The molecule has 1 rings (SSSR count). The number of Topliss-reactive ketones (excluding diaryl/α,β-unsaturated/α-hetero) is 1. The van der Waals surface area contributed by atoms with E-state index < -0.39 is 0 Å². The van der Waals surface area contributed by atoms with Gasteiger partial charge in [0.1, 0.15) is 0 Å². The van der Waals surface area contributed by atoms with E-state index in [1.807, 2.05) is 41.5 Å². The summed E-state index contributed by atoms with van der Waals surface area (Å²) in [7, 11) is 0. The van der Waals surface area contributed by atoms with Crippen molar-refractivity contribution >= 4 is 5.78 Å². The van der Waals surface area contributed by atoms with Gasteiger partial charge in [-0.15, -0.1) is 0 Å². The molecule has 0 atom stereocenters. The highest BCUT2D eigenvalue weighted by molar-refractivity contribution is 5.99. The number of pyridine rings is 1. The van der Waals surface area contributed by atoms with E-state index in [0.29, 0.717) is 0 Å². The van der Waals surface area contributed by atoms with Crippen molar-refractivity contribution in [2.45, 2.75) is 41.5 Å². The molecule has 0 spiro atoms. The summed E-state index contributed by atoms with van der Waals surface area (Å²) in [6.07, 6.45) is 0. The van der Waals surface area contributed by atoms with Crippen molar-refractivity contribution < 1.29 is 4.79 Å². The monoisotopic (exact) mass is 205 g/mol. The molecular weight excluding hydrogens is 186 g/mol. The summed E-state index contributed by atoms with van der Waals surface area (Å²) in [5.41, 5.74) is 4.90. The molecule has 0 fully saturated rings. The Morgan fingerprint density at radius 3 is 2.00 bits per heavy atom. The summed E-state index contributed by atoms with van der Waals surface area (Å²) >= 11 is 0. The molecule has 82 valence electrons. The molecule has 2 heteroatoms. The molecule has 2 nitrogen and oxygen atoms in total. The van der Waals surface area contributed by atoms with E-state index >= 15 is 0 Å². The van der Waals surface area contributed by atoms with Gasteiger partial charge in [-0.05, 0) is 38.8 Å². The van der Waals surface area contributed by atoms with E-state index in [9.17, 15) is 4.79 Å². The number of aromatic nitrogens is 1. The molecule has 0 aliphatic rings. The number of hydrogen-bond acceptors (Lipinski definition) is 2. The zero-order valence-corrected chi connectivity index (χ0v) is 10.4. The summed E-state index contributed by atoms with van der Waals surface area (Å²) in [5, 5.41) is 0. The molecular formula is C13H19NO. The minimum atomic E-state index is 0.0336. The maximum absolute atomic E-state index is 12.0. The molecule has 0 aliphatic heterocycles. The van der Waals surface area contributed by atoms with Crippen molar-refractivity contribution in [3.8, 4) is 0 Å². The average Bonchev–Trinajstić information content (AvgIpc) is 2.14. The Bertz CT molecular complexity index is 405. The van der Waals surface area contributed by atoms with Crippen LogP contribution in [0.15, 0.2) is 0 Å². The van der Waals surface area contributed by atoms with Gasteiger partial charge in [-0.25, -0.2) is 0 Å². The molecule has 0 saturated carbocycles. The Morgan fingerprint density at radius 2 is 1.53 bits per heavy atom. The van der Waals surface area contributed by atoms with Crippen molar-refractivity contribution in [1.82, 2.24) is 4.98 Å². The van der Waals surface area contributed by atoms with Crippen LogP contribution in [0.2, 0.25) is 0 Å². The minimum Gasteiger partial charge on any atom is -0.294 e. The third-order valence-corrected chi connectivity index (χ3v) is 2.95. The maximum atomic E-state index is 12.0. The van der Waals surface area contributed by atoms with Crippen LogP contribution < -0.4 is 0 Å². The van der Waals surface area contributed by atoms with Gasteiger partial charge in [0.05, 0.1) is 0 Å². The number of hydrogen-bond donors (Lipinski definition) is 0. The topological polar surface area (TPSA) is 30.0 Å². The molecule has 1 aromatic rings. The van der Waals surface area contributed by atoms with Crippen LogP contribution in [-0.4, -0.2) is 10.8 Å². The molecule has 1 heterocycles. The lowest BCUT2D eigenvalue weighted by Gasteiger charge is -2.14. The van der Waals surface area contributed by atoms with E-state index in [-0.39, 0.29) is 11.7 Å². The van der Waals surface area contributed by atoms with Crippen LogP contribution in [0, 0.1) is 33.6 Å². The highest BCUT2D eigenvalue weighted by Crippen LogP contribution is 2.21. The molecule has 0 saturated heterocycles. The highest BCUT2D eigenvalue weighted by Gasteiger charge is 2.18. The summed E-state index contributed by atoms with van der Waals surface area (Å²) in [6, 6.07) is 0. The fraction of sp³-hybridized carbons (Fsp3) is 0.538. The molecule has 0 N–H and O–H groups in total. The Hall–Kier alpha value is -1.18. The predicted molar refractivity (Wildman–Crippen MR) is 62.4 cm³/mol. The Balaban J connectivity index is 3.43. The molecule has 0 aliphatic carbocycles. The van der Waals surface area contributed by atoms with Crippen LogP contribution in [0.4, 0.5) is 0 Å². The molecule has 15 heavy (non-hydrogen) atoms. The zero-order valence-electron chi connectivity index (χ0n) is 10.4. The molecule has 0 amide bonds. The average molecular weight is 205 g/mol. The van der Waals surface area contributed by atoms with Crippen molar-refractivity contribution in [2.24, 2.45) is 5.92 Å². The molecule has 0 bridgehead atoms. The minimum absolute atomic E-state index is 0.0336. The van der Waals surface area contributed by atoms with Gasteiger partial charge in [-0.2, -0.15) is 0 Å². The third kappa shape index (κ3) is 2.09. The van der Waals surface area contributed by atoms with Crippen LogP contribution in [0.25, 0.3) is 0 Å². The summed E-state index contributed by atoms with van der Waals surface area (Å²) < 4.78 is 0. The largest absolute Gasteiger partial charge is 0.294 e. The first-order valence-corrected chi connectivity index (χ1v) is 5.34. The second kappa shape index (κ2) is 4.13. The molecule has 0 radical (unpaired) electrons. The first-order chi connectivity index (χ1) is 6.86. The number of carbonyl (C=O) groups is 1. The third-order valence-electron chi connectivity index (χ3n) is 2.95. The molecule has 0 aromatic carbocycles. The Morgan fingerprint density at radius 1 is 1.00 bits per heavy atom. The van der Waals surface area contributed by atoms with Gasteiger partial charge in [-0.3, -0.25) is 9.78 Å². The SMILES string of the molecule is Cc1nc(C)c(C(=O)C(C)C)c(C)c1C. The molecule has 1 aromatic heterocycles. The Kier molecular flexibility index (Phi) is 3.28. The van der Waals surface area contributed by atoms with Gasteiger partial charge in [0.2, 0.25) is 0 Å². The second-order valence-electron chi connectivity index (χ2n) is 4.43. The number of carbonyl (C=O) groups excluding carboxylic acids is 1. The zero-order chi connectivity index (χ0) is 11.7. The van der Waals surface area contributed by atoms with E-state index in [4.69, 9.17) is 0 Å². The van der Waals surface area contributed by atoms with Crippen LogP contribution in [0.5, 0.6) is 0 Å². The fourth-order valence-electron chi connectivity index (χ4n) is 1.77. The fourth-order valence-corrected chi connectivity index (χ4v) is 1.77. The summed E-state index contributed by atoms with van der Waals surface area (Å²) in [4.78, 5) is 16.4. The number of nitrogens with zero attached hydrogens (tertiary/aromatic N) is 1. The lowest BCUT2D eigenvalue weighted by Crippen LogP contribution is -2.14. The normalized spacial score (nSPS) is 10.9.